The van der Waals surface area contributed by atoms with Crippen LogP contribution in [0.2, 0.25) is 5.02 Å². The highest BCUT2D eigenvalue weighted by Crippen LogP contribution is 2.32. The lowest BCUT2D eigenvalue weighted by molar-refractivity contribution is -0.385. The molecule has 0 aliphatic carbocycles. The molecule has 0 fully saturated rings. The number of nitro benzene ring substituents is 2. The van der Waals surface area contributed by atoms with Crippen LogP contribution in [0.5, 0.6) is 5.75 Å². The summed E-state index contributed by atoms with van der Waals surface area (Å²) in [5.74, 6) is -0.207. The van der Waals surface area contributed by atoms with Crippen LogP contribution in [-0.4, -0.2) is 21.7 Å². The van der Waals surface area contributed by atoms with Gasteiger partial charge in [-0.2, -0.15) is 0 Å². The van der Waals surface area contributed by atoms with Gasteiger partial charge in [0.2, 0.25) is 5.90 Å². The van der Waals surface area contributed by atoms with Gasteiger partial charge in [0.1, 0.15) is 12.4 Å². The molecule has 0 saturated heterocycles. The van der Waals surface area contributed by atoms with Crippen LogP contribution < -0.4 is 4.74 Å². The fourth-order valence-corrected chi connectivity index (χ4v) is 5.47. The van der Waals surface area contributed by atoms with Crippen LogP contribution in [0.25, 0.3) is 6.08 Å². The number of aliphatic imine (C=N–C) groups is 1. The van der Waals surface area contributed by atoms with Crippen molar-refractivity contribution in [2.75, 3.05) is 0 Å². The monoisotopic (exact) mass is 731 g/mol. The normalized spacial score (nSPS) is 13.9. The highest BCUT2D eigenvalue weighted by Gasteiger charge is 2.27. The van der Waals surface area contributed by atoms with Crippen molar-refractivity contribution in [3.8, 4) is 5.75 Å². The van der Waals surface area contributed by atoms with Gasteiger partial charge in [-0.1, -0.05) is 11.6 Å². The predicted octanol–water partition coefficient (Wildman–Crippen LogP) is 6.29. The van der Waals surface area contributed by atoms with E-state index < -0.39 is 15.8 Å². The van der Waals surface area contributed by atoms with E-state index in [-0.39, 0.29) is 40.2 Å². The van der Waals surface area contributed by atoms with E-state index in [1.54, 1.807) is 24.3 Å². The van der Waals surface area contributed by atoms with Crippen molar-refractivity contribution in [2.24, 2.45) is 4.99 Å². The molecule has 0 N–H and O–H groups in total. The van der Waals surface area contributed by atoms with Gasteiger partial charge in [-0.05, 0) is 92.7 Å². The molecule has 36 heavy (non-hydrogen) atoms. The first-order chi connectivity index (χ1) is 17.1. The smallest absolute Gasteiger partial charge is 0.363 e. The van der Waals surface area contributed by atoms with E-state index in [2.05, 4.69) is 50.2 Å². The maximum Gasteiger partial charge on any atom is 0.363 e. The molecule has 4 rings (SSSR count). The topological polar surface area (TPSA) is 134 Å². The third kappa shape index (κ3) is 5.82. The third-order valence-electron chi connectivity index (χ3n) is 4.87. The molecule has 1 aliphatic rings. The van der Waals surface area contributed by atoms with Crippen LogP contribution >= 0.6 is 56.8 Å². The highest BCUT2D eigenvalue weighted by atomic mass is 127. The second-order valence-corrected chi connectivity index (χ2v) is 10.0. The first-order valence-corrected chi connectivity index (χ1v) is 12.5. The lowest BCUT2D eigenvalue weighted by atomic mass is 10.2. The van der Waals surface area contributed by atoms with Crippen molar-refractivity contribution < 1.29 is 24.1 Å². The van der Waals surface area contributed by atoms with Gasteiger partial charge in [-0.25, -0.2) is 9.79 Å². The lowest BCUT2D eigenvalue weighted by Gasteiger charge is -2.11. The number of nitro groups is 2. The number of benzene rings is 3. The molecule has 10 nitrogen and oxygen atoms in total. The van der Waals surface area contributed by atoms with Crippen molar-refractivity contribution in [1.29, 1.82) is 0 Å². The van der Waals surface area contributed by atoms with Crippen molar-refractivity contribution in [2.45, 2.75) is 6.61 Å². The number of carbonyl (C=O) groups is 1. The molecule has 0 atom stereocenters. The first kappa shape index (κ1) is 26.0. The van der Waals surface area contributed by atoms with Crippen LogP contribution in [0.15, 0.2) is 65.3 Å². The van der Waals surface area contributed by atoms with Crippen LogP contribution in [0.3, 0.4) is 0 Å². The minimum atomic E-state index is -0.712. The van der Waals surface area contributed by atoms with Crippen LogP contribution in [0.1, 0.15) is 16.7 Å². The number of nitrogens with zero attached hydrogens (tertiary/aromatic N) is 3. The second-order valence-electron chi connectivity index (χ2n) is 7.28. The second kappa shape index (κ2) is 10.9. The van der Waals surface area contributed by atoms with E-state index in [0.717, 1.165) is 12.7 Å². The molecule has 0 radical (unpaired) electrons. The zero-order valence-corrected chi connectivity index (χ0v) is 22.9. The van der Waals surface area contributed by atoms with Gasteiger partial charge < -0.3 is 9.47 Å². The van der Waals surface area contributed by atoms with Crippen LogP contribution in [0, 0.1) is 27.4 Å². The number of carbonyl (C=O) groups excluding carboxylic acids is 1. The average molecular weight is 732 g/mol. The number of hydrogen-bond acceptors (Lipinski definition) is 8. The number of esters is 1. The standard InChI is InChI=1S/C23H12ClI2N3O7/c24-17-6-5-15(29(33)34)10-16(17)22-27-20(23(30)36-22)9-13-7-18(25)21(19(26)8-13)35-11-12-1-3-14(4-2-12)28(31)32/h1-10H,11H2/b20-9-. The molecule has 1 aliphatic heterocycles. The summed E-state index contributed by atoms with van der Waals surface area (Å²) in [6.07, 6.45) is 1.53. The predicted molar refractivity (Wildman–Crippen MR) is 148 cm³/mol. The number of rotatable bonds is 7. The Morgan fingerprint density at radius 3 is 2.19 bits per heavy atom. The van der Waals surface area contributed by atoms with Crippen molar-refractivity contribution in [1.82, 2.24) is 0 Å². The molecule has 0 saturated carbocycles. The van der Waals surface area contributed by atoms with E-state index in [9.17, 15) is 25.0 Å². The van der Waals surface area contributed by atoms with Gasteiger partial charge in [-0.15, -0.1) is 0 Å². The molecule has 0 unspecified atom stereocenters. The summed E-state index contributed by atoms with van der Waals surface area (Å²) in [4.78, 5) is 37.4. The van der Waals surface area contributed by atoms with Gasteiger partial charge in [0.05, 0.1) is 27.6 Å². The molecule has 0 amide bonds. The van der Waals surface area contributed by atoms with Crippen molar-refractivity contribution >= 4 is 86.1 Å². The van der Waals surface area contributed by atoms with E-state index in [1.807, 2.05) is 0 Å². The van der Waals surface area contributed by atoms with Gasteiger partial charge in [0, 0.05) is 24.3 Å². The molecule has 0 spiro atoms. The van der Waals surface area contributed by atoms with Crippen molar-refractivity contribution in [3.05, 3.63) is 109 Å². The molecular weight excluding hydrogens is 720 g/mol. The fourth-order valence-electron chi connectivity index (χ4n) is 3.14. The summed E-state index contributed by atoms with van der Waals surface area (Å²) in [6, 6.07) is 13.5. The van der Waals surface area contributed by atoms with E-state index in [1.165, 1.54) is 36.4 Å². The SMILES string of the molecule is O=C1OC(c2cc([N+](=O)[O-])ccc2Cl)=N/C1=C\c1cc(I)c(OCc2ccc([N+](=O)[O-])cc2)c(I)c1. The Balaban J connectivity index is 1.55. The minimum absolute atomic E-state index is 0.00400. The van der Waals surface area contributed by atoms with Crippen LogP contribution in [0.4, 0.5) is 11.4 Å². The molecule has 13 heteroatoms. The summed E-state index contributed by atoms with van der Waals surface area (Å²) in [6.45, 7) is 0.217. The minimum Gasteiger partial charge on any atom is -0.487 e. The molecule has 1 heterocycles. The number of non-ortho nitro benzene ring substituents is 2. The summed E-state index contributed by atoms with van der Waals surface area (Å²) >= 11 is 10.3. The fraction of sp³-hybridized carbons (Fsp3) is 0.0435. The third-order valence-corrected chi connectivity index (χ3v) is 6.80. The number of cyclic esters (lactones) is 1. The maximum atomic E-state index is 12.4. The number of hydrogen-bond donors (Lipinski definition) is 0. The Bertz CT molecular complexity index is 1450. The first-order valence-electron chi connectivity index (χ1n) is 9.94. The molecular formula is C23H12ClI2N3O7. The Labute approximate surface area is 235 Å². The molecule has 0 aromatic heterocycles. The lowest BCUT2D eigenvalue weighted by Crippen LogP contribution is -2.06. The highest BCUT2D eigenvalue weighted by molar-refractivity contribution is 14.1. The van der Waals surface area contributed by atoms with Gasteiger partial charge >= 0.3 is 5.97 Å². The summed E-state index contributed by atoms with van der Waals surface area (Å²) in [5, 5.41) is 22.0. The van der Waals surface area contributed by atoms with Crippen molar-refractivity contribution in [3.63, 3.8) is 0 Å². The quantitative estimate of drug-likeness (QED) is 0.0917. The van der Waals surface area contributed by atoms with E-state index in [0.29, 0.717) is 11.3 Å². The van der Waals surface area contributed by atoms with Gasteiger partial charge in [0.25, 0.3) is 11.4 Å². The van der Waals surface area contributed by atoms with E-state index >= 15 is 0 Å². The zero-order chi connectivity index (χ0) is 26.0. The molecule has 3 aromatic rings. The number of ether oxygens (including phenoxy) is 2. The van der Waals surface area contributed by atoms with Gasteiger partial charge in [0.15, 0.2) is 5.70 Å². The Morgan fingerprint density at radius 1 is 0.972 bits per heavy atom. The summed E-state index contributed by atoms with van der Waals surface area (Å²) in [7, 11) is 0. The number of halogens is 3. The van der Waals surface area contributed by atoms with E-state index in [4.69, 9.17) is 21.1 Å². The molecule has 3 aromatic carbocycles. The Hall–Kier alpha value is -3.11. The van der Waals surface area contributed by atoms with Gasteiger partial charge in [-0.3, -0.25) is 20.2 Å². The maximum absolute atomic E-state index is 12.4. The molecule has 182 valence electrons. The van der Waals surface area contributed by atoms with Crippen LogP contribution in [-0.2, 0) is 16.1 Å². The average Bonchev–Trinajstić information content (AvgIpc) is 3.18. The zero-order valence-electron chi connectivity index (χ0n) is 17.8. The summed E-state index contributed by atoms with van der Waals surface area (Å²) < 4.78 is 12.7. The Kier molecular flexibility index (Phi) is 7.85. The molecule has 0 bridgehead atoms. The largest absolute Gasteiger partial charge is 0.487 e. The summed E-state index contributed by atoms with van der Waals surface area (Å²) in [5.41, 5.74) is 1.38. The Morgan fingerprint density at radius 2 is 1.58 bits per heavy atom.